The molecule has 0 radical (unpaired) electrons. The average Bonchev–Trinajstić information content (AvgIpc) is 3.25. The number of carbonyl (C=O) groups excluding carboxylic acids is 5. The molecule has 0 bridgehead atoms. The summed E-state index contributed by atoms with van der Waals surface area (Å²) in [4.78, 5) is 69.7. The Morgan fingerprint density at radius 1 is 0.667 bits per heavy atom. The maximum atomic E-state index is 13.2. The van der Waals surface area contributed by atoms with Crippen molar-refractivity contribution in [2.24, 2.45) is 10.8 Å². The fourth-order valence-corrected chi connectivity index (χ4v) is 7.09. The molecule has 0 heterocycles. The number of carbonyl (C=O) groups is 6. The summed E-state index contributed by atoms with van der Waals surface area (Å²) in [5.41, 5.74) is 5.21. The largest absolute Gasteiger partial charge is 0.481 e. The molecule has 2 rings (SSSR count). The first-order chi connectivity index (χ1) is 30.9. The molecule has 1 amide bonds. The molecule has 0 saturated carbocycles. The molecule has 2 unspecified atom stereocenters. The predicted octanol–water partition coefficient (Wildman–Crippen LogP) is 7.77. The molecule has 13 heteroatoms. The Balaban J connectivity index is 0.00000286. The van der Waals surface area contributed by atoms with Gasteiger partial charge in [0.2, 0.25) is 5.91 Å². The smallest absolute Gasteiger partial charge is 0.307 e. The van der Waals surface area contributed by atoms with E-state index < -0.39 is 54.7 Å². The van der Waals surface area contributed by atoms with Gasteiger partial charge in [0, 0.05) is 26.4 Å². The van der Waals surface area contributed by atoms with E-state index in [4.69, 9.17) is 14.6 Å². The number of carboxylic acids is 1. The van der Waals surface area contributed by atoms with Gasteiger partial charge in [0.05, 0.1) is 32.7 Å². The maximum absolute atomic E-state index is 13.2. The van der Waals surface area contributed by atoms with Gasteiger partial charge >= 0.3 is 11.9 Å². The van der Waals surface area contributed by atoms with Crippen LogP contribution in [0.25, 0.3) is 0 Å². The first-order valence-electron chi connectivity index (χ1n) is 22.0. The molecule has 2 aliphatic rings. The van der Waals surface area contributed by atoms with Crippen LogP contribution >= 0.6 is 0 Å². The number of aldehydes is 1. The van der Waals surface area contributed by atoms with Gasteiger partial charge in [-0.2, -0.15) is 0 Å². The second kappa shape index (κ2) is 28.4. The van der Waals surface area contributed by atoms with E-state index in [2.05, 4.69) is 31.3 Å². The summed E-state index contributed by atoms with van der Waals surface area (Å²) in [5, 5.41) is 38.4. The molecule has 66 heavy (non-hydrogen) atoms. The Morgan fingerprint density at radius 3 is 1.47 bits per heavy atom. The monoisotopic (exact) mass is 916 g/mol. The van der Waals surface area contributed by atoms with Crippen molar-refractivity contribution in [3.63, 3.8) is 0 Å². The number of hydrogen-bond acceptors (Lipinski definition) is 11. The highest BCUT2D eigenvalue weighted by molar-refractivity contribution is 6.02. The number of aliphatic carboxylic acids is 1. The highest BCUT2D eigenvalue weighted by Gasteiger charge is 2.40. The number of allylic oxidation sites excluding steroid dienone is 20. The quantitative estimate of drug-likeness (QED) is 0.0400. The molecule has 0 aromatic carbocycles. The lowest BCUT2D eigenvalue weighted by molar-refractivity contribution is -0.156. The molecule has 13 nitrogen and oxygen atoms in total. The van der Waals surface area contributed by atoms with Crippen LogP contribution in [0.2, 0.25) is 0 Å². The third-order valence-electron chi connectivity index (χ3n) is 11.2. The van der Waals surface area contributed by atoms with E-state index in [-0.39, 0.29) is 55.2 Å². The van der Waals surface area contributed by atoms with Crippen LogP contribution in [0.3, 0.4) is 0 Å². The minimum absolute atomic E-state index is 0.0521. The molecular weight excluding hydrogens is 843 g/mol. The number of carboxylic acid groups (broad SMARTS) is 1. The van der Waals surface area contributed by atoms with E-state index in [1.165, 1.54) is 0 Å². The SMILES string of the molecule is COC1CC(C)(C)C(/C=C/C(C)=C/C=C/C(C)=C/C=C/C=C(C)/C=C/C=C(C)/C=C/C2=C(C)C(=O)C(OC(=O)CCC(=O)NC(CO)(CO)CO)CC2(C)C)=C(C)C1=O.O=CCCC(=O)O. The Labute approximate surface area is 391 Å². The summed E-state index contributed by atoms with van der Waals surface area (Å²) in [6.07, 6.45) is 27.8. The number of rotatable bonds is 22. The Kier molecular flexibility index (Phi) is 25.2. The third kappa shape index (κ3) is 19.9. The minimum atomic E-state index is -1.59. The number of hydrogen-bond donors (Lipinski definition) is 5. The maximum Gasteiger partial charge on any atom is 0.307 e. The van der Waals surface area contributed by atoms with E-state index in [0.717, 1.165) is 39.0 Å². The molecule has 5 N–H and O–H groups in total. The van der Waals surface area contributed by atoms with E-state index in [1.54, 1.807) is 14.0 Å². The first-order valence-corrected chi connectivity index (χ1v) is 22.0. The summed E-state index contributed by atoms with van der Waals surface area (Å²) < 4.78 is 10.9. The number of nitrogens with one attached hydrogen (secondary N) is 1. The highest BCUT2D eigenvalue weighted by atomic mass is 16.5. The lowest BCUT2D eigenvalue weighted by atomic mass is 9.71. The third-order valence-corrected chi connectivity index (χ3v) is 11.2. The Morgan fingerprint density at radius 2 is 1.08 bits per heavy atom. The van der Waals surface area contributed by atoms with Crippen LogP contribution in [0.4, 0.5) is 0 Å². The van der Waals surface area contributed by atoms with Crippen LogP contribution in [0.5, 0.6) is 0 Å². The predicted molar refractivity (Wildman–Crippen MR) is 258 cm³/mol. The van der Waals surface area contributed by atoms with E-state index in [0.29, 0.717) is 18.3 Å². The van der Waals surface area contributed by atoms with Crippen LogP contribution in [0.15, 0.2) is 130 Å². The molecule has 2 aliphatic carbocycles. The van der Waals surface area contributed by atoms with Crippen molar-refractivity contribution in [3.8, 4) is 0 Å². The molecule has 0 aromatic rings. The number of esters is 1. The molecule has 0 spiro atoms. The van der Waals surface area contributed by atoms with Crippen molar-refractivity contribution >= 4 is 35.7 Å². The van der Waals surface area contributed by atoms with Crippen LogP contribution in [0, 0.1) is 10.8 Å². The Bertz CT molecular complexity index is 2080. The lowest BCUT2D eigenvalue weighted by Crippen LogP contribution is -2.57. The summed E-state index contributed by atoms with van der Waals surface area (Å²) in [7, 11) is 1.59. The number of ketones is 2. The van der Waals surface area contributed by atoms with Crippen LogP contribution in [-0.4, -0.2) is 101 Å². The molecule has 2 atom stereocenters. The summed E-state index contributed by atoms with van der Waals surface area (Å²) in [6, 6.07) is 0. The second-order valence-electron chi connectivity index (χ2n) is 18.0. The van der Waals surface area contributed by atoms with Gasteiger partial charge in [0.25, 0.3) is 0 Å². The minimum Gasteiger partial charge on any atom is -0.481 e. The molecule has 0 saturated heterocycles. The van der Waals surface area contributed by atoms with Gasteiger partial charge in [-0.3, -0.25) is 24.0 Å². The van der Waals surface area contributed by atoms with Crippen LogP contribution in [-0.2, 0) is 38.2 Å². The van der Waals surface area contributed by atoms with E-state index in [1.807, 2.05) is 121 Å². The molecule has 0 aromatic heterocycles. The normalized spacial score (nSPS) is 20.0. The molecular formula is C53H73NO12. The van der Waals surface area contributed by atoms with Crippen molar-refractivity contribution in [1.82, 2.24) is 5.32 Å². The van der Waals surface area contributed by atoms with Gasteiger partial charge in [-0.15, -0.1) is 0 Å². The molecule has 362 valence electrons. The zero-order valence-electron chi connectivity index (χ0n) is 40.7. The number of amides is 1. The van der Waals surface area contributed by atoms with Crippen molar-refractivity contribution < 1.29 is 58.7 Å². The number of aliphatic hydroxyl groups excluding tert-OH is 3. The lowest BCUT2D eigenvalue weighted by Gasteiger charge is -2.36. The summed E-state index contributed by atoms with van der Waals surface area (Å²) in [5.74, 6) is -2.52. The van der Waals surface area contributed by atoms with Gasteiger partial charge in [-0.25, -0.2) is 0 Å². The Hall–Kier alpha value is -5.60. The van der Waals surface area contributed by atoms with E-state index >= 15 is 0 Å². The molecule has 0 aliphatic heterocycles. The average molecular weight is 916 g/mol. The molecule has 0 fully saturated rings. The fraction of sp³-hybridized carbons (Fsp3) is 0.472. The van der Waals surface area contributed by atoms with Gasteiger partial charge in [-0.05, 0) is 81.1 Å². The van der Waals surface area contributed by atoms with Crippen molar-refractivity contribution in [3.05, 3.63) is 130 Å². The van der Waals surface area contributed by atoms with Gasteiger partial charge in [0.15, 0.2) is 17.7 Å². The highest BCUT2D eigenvalue weighted by Crippen LogP contribution is 2.42. The van der Waals surface area contributed by atoms with Crippen LogP contribution in [0.1, 0.15) is 108 Å². The zero-order valence-corrected chi connectivity index (χ0v) is 40.7. The zero-order chi connectivity index (χ0) is 50.3. The standard InChI is InChI=1S/C49H67NO9.C4H6O3/c1-33(18-14-20-35(3)22-24-39-37(5)45(56)41(58-11)28-47(39,7)8)16-12-13-17-34(2)19-15-21-36(4)23-25-40-38(6)46(57)42(29-48(40,9)10)59-44(55)27-26-43(54)50-49(30-51,31-52)32-53;5-3-1-2-4(6)7/h12-25,41-42,51-53H,26-32H2,1-11H3,(H,50,54);3H,1-2H2,(H,6,7)/b13-12+,18-14+,19-15+,24-22+,25-23+,33-16+,34-17+,35-20+,36-21+;. The first kappa shape index (κ1) is 58.4. The summed E-state index contributed by atoms with van der Waals surface area (Å²) in [6.45, 7) is 17.9. The van der Waals surface area contributed by atoms with E-state index in [9.17, 15) is 44.1 Å². The number of Topliss-reactive ketones (excluding diaryl/α,β-unsaturated/α-hetero) is 2. The van der Waals surface area contributed by atoms with Gasteiger partial charge < -0.3 is 40.0 Å². The fourth-order valence-electron chi connectivity index (χ4n) is 7.09. The van der Waals surface area contributed by atoms with Gasteiger partial charge in [-0.1, -0.05) is 135 Å². The number of methoxy groups -OCH3 is 1. The van der Waals surface area contributed by atoms with Crippen molar-refractivity contribution in [2.45, 2.75) is 126 Å². The van der Waals surface area contributed by atoms with Crippen molar-refractivity contribution in [1.29, 1.82) is 0 Å². The van der Waals surface area contributed by atoms with Crippen molar-refractivity contribution in [2.75, 3.05) is 26.9 Å². The number of aliphatic hydroxyl groups is 3. The van der Waals surface area contributed by atoms with Gasteiger partial charge in [0.1, 0.15) is 17.9 Å². The topological polar surface area (TPSA) is 214 Å². The summed E-state index contributed by atoms with van der Waals surface area (Å²) >= 11 is 0. The number of ether oxygens (including phenoxy) is 2. The second-order valence-corrected chi connectivity index (χ2v) is 18.0. The van der Waals surface area contributed by atoms with Crippen LogP contribution < -0.4 is 5.32 Å².